The summed E-state index contributed by atoms with van der Waals surface area (Å²) in [7, 11) is 1.81. The van der Waals surface area contributed by atoms with Gasteiger partial charge in [-0.2, -0.15) is 0 Å². The summed E-state index contributed by atoms with van der Waals surface area (Å²) in [6.45, 7) is 5.93. The predicted molar refractivity (Wildman–Crippen MR) is 120 cm³/mol. The van der Waals surface area contributed by atoms with Gasteiger partial charge in [-0.25, -0.2) is 0 Å². The van der Waals surface area contributed by atoms with E-state index in [1.54, 1.807) is 6.26 Å². The monoisotopic (exact) mass is 504 g/mol. The van der Waals surface area contributed by atoms with Crippen LogP contribution in [0.25, 0.3) is 0 Å². The van der Waals surface area contributed by atoms with Gasteiger partial charge in [0.2, 0.25) is 5.91 Å². The van der Waals surface area contributed by atoms with Crippen molar-refractivity contribution in [3.8, 4) is 0 Å². The number of guanidine groups is 1. The van der Waals surface area contributed by atoms with Crippen LogP contribution in [-0.4, -0.2) is 73.1 Å². The van der Waals surface area contributed by atoms with E-state index < -0.39 is 0 Å². The first-order valence-electron chi connectivity index (χ1n) is 10.1. The Morgan fingerprint density at radius 3 is 2.54 bits per heavy atom. The lowest BCUT2D eigenvalue weighted by atomic mass is 9.89. The SMILES string of the molecule is CN=C(NCCNC(=O)C1CCCCC1)N1CCN(Cc2ccon2)CC1.I. The molecular weight excluding hydrogens is 471 g/mol. The molecule has 1 amide bonds. The van der Waals surface area contributed by atoms with Gasteiger partial charge in [-0.3, -0.25) is 14.7 Å². The van der Waals surface area contributed by atoms with Gasteiger partial charge in [0.15, 0.2) is 5.96 Å². The van der Waals surface area contributed by atoms with Gasteiger partial charge in [-0.1, -0.05) is 24.4 Å². The van der Waals surface area contributed by atoms with Crippen molar-refractivity contribution in [3.05, 3.63) is 18.0 Å². The zero-order valence-electron chi connectivity index (χ0n) is 16.7. The Labute approximate surface area is 184 Å². The van der Waals surface area contributed by atoms with Gasteiger partial charge in [-0.15, -0.1) is 24.0 Å². The molecule has 1 aliphatic heterocycles. The maximum absolute atomic E-state index is 12.2. The summed E-state index contributed by atoms with van der Waals surface area (Å²) in [6.07, 6.45) is 7.34. The van der Waals surface area contributed by atoms with Crippen LogP contribution in [0, 0.1) is 5.92 Å². The van der Waals surface area contributed by atoms with Crippen LogP contribution in [-0.2, 0) is 11.3 Å². The van der Waals surface area contributed by atoms with Crippen molar-refractivity contribution in [1.29, 1.82) is 0 Å². The van der Waals surface area contributed by atoms with E-state index in [0.717, 1.165) is 57.2 Å². The highest BCUT2D eigenvalue weighted by Crippen LogP contribution is 2.23. The molecule has 9 heteroatoms. The number of piperazine rings is 1. The van der Waals surface area contributed by atoms with Crippen molar-refractivity contribution >= 4 is 35.8 Å². The molecule has 8 nitrogen and oxygen atoms in total. The smallest absolute Gasteiger partial charge is 0.223 e. The number of rotatable bonds is 6. The zero-order chi connectivity index (χ0) is 18.9. The maximum Gasteiger partial charge on any atom is 0.223 e. The van der Waals surface area contributed by atoms with Gasteiger partial charge in [0, 0.05) is 64.8 Å². The largest absolute Gasteiger partial charge is 0.364 e. The molecule has 0 spiro atoms. The Kier molecular flexibility index (Phi) is 10.0. The molecule has 1 aromatic heterocycles. The summed E-state index contributed by atoms with van der Waals surface area (Å²) < 4.78 is 4.90. The maximum atomic E-state index is 12.2. The van der Waals surface area contributed by atoms with Crippen molar-refractivity contribution in [2.75, 3.05) is 46.3 Å². The Morgan fingerprint density at radius 2 is 1.89 bits per heavy atom. The van der Waals surface area contributed by atoms with Crippen LogP contribution in [0.5, 0.6) is 0 Å². The number of hydrogen-bond donors (Lipinski definition) is 2. The molecule has 3 rings (SSSR count). The van der Waals surface area contributed by atoms with Crippen molar-refractivity contribution < 1.29 is 9.32 Å². The number of aromatic nitrogens is 1. The molecule has 2 heterocycles. The number of amides is 1. The van der Waals surface area contributed by atoms with Gasteiger partial charge in [0.05, 0.1) is 5.69 Å². The van der Waals surface area contributed by atoms with Crippen molar-refractivity contribution in [3.63, 3.8) is 0 Å². The minimum Gasteiger partial charge on any atom is -0.364 e. The molecule has 2 fully saturated rings. The molecule has 158 valence electrons. The van der Waals surface area contributed by atoms with E-state index in [4.69, 9.17) is 4.52 Å². The average Bonchev–Trinajstić information content (AvgIpc) is 3.22. The highest BCUT2D eigenvalue weighted by Gasteiger charge is 2.21. The Bertz CT molecular complexity index is 596. The molecule has 28 heavy (non-hydrogen) atoms. The number of carbonyl (C=O) groups is 1. The molecular formula is C19H33IN6O2. The van der Waals surface area contributed by atoms with E-state index in [1.807, 2.05) is 13.1 Å². The predicted octanol–water partition coefficient (Wildman–Crippen LogP) is 1.68. The fraction of sp³-hybridized carbons (Fsp3) is 0.737. The minimum atomic E-state index is 0. The Hall–Kier alpha value is -1.36. The number of carbonyl (C=O) groups excluding carboxylic acids is 1. The van der Waals surface area contributed by atoms with E-state index >= 15 is 0 Å². The molecule has 0 aromatic carbocycles. The number of halogens is 1. The third kappa shape index (κ3) is 6.91. The highest BCUT2D eigenvalue weighted by atomic mass is 127. The van der Waals surface area contributed by atoms with Gasteiger partial charge < -0.3 is 20.1 Å². The van der Waals surface area contributed by atoms with Crippen LogP contribution >= 0.6 is 24.0 Å². The van der Waals surface area contributed by atoms with Crippen LogP contribution in [0.4, 0.5) is 0 Å². The van der Waals surface area contributed by atoms with Crippen LogP contribution in [0.1, 0.15) is 37.8 Å². The molecule has 0 radical (unpaired) electrons. The first kappa shape index (κ1) is 22.9. The molecule has 2 aliphatic rings. The molecule has 0 bridgehead atoms. The Morgan fingerprint density at radius 1 is 1.18 bits per heavy atom. The standard InChI is InChI=1S/C19H32N6O2.HI/c1-20-19(22-9-8-21-18(26)16-5-3-2-4-6-16)25-12-10-24(11-13-25)15-17-7-14-27-23-17;/h7,14,16H,2-6,8-13,15H2,1H3,(H,20,22)(H,21,26);1H. The van der Waals surface area contributed by atoms with E-state index in [9.17, 15) is 4.79 Å². The van der Waals surface area contributed by atoms with Crippen LogP contribution < -0.4 is 10.6 Å². The molecule has 1 aromatic rings. The second-order valence-corrected chi connectivity index (χ2v) is 7.35. The van der Waals surface area contributed by atoms with Gasteiger partial charge in [0.1, 0.15) is 6.26 Å². The normalized spacial score (nSPS) is 19.2. The number of hydrogen-bond acceptors (Lipinski definition) is 5. The lowest BCUT2D eigenvalue weighted by Crippen LogP contribution is -2.53. The Balaban J connectivity index is 0.00000280. The summed E-state index contributed by atoms with van der Waals surface area (Å²) in [6, 6.07) is 1.91. The van der Waals surface area contributed by atoms with Gasteiger partial charge in [0.25, 0.3) is 0 Å². The second kappa shape index (κ2) is 12.3. The summed E-state index contributed by atoms with van der Waals surface area (Å²) in [5, 5.41) is 10.4. The van der Waals surface area contributed by atoms with E-state index in [0.29, 0.717) is 13.1 Å². The van der Waals surface area contributed by atoms with Gasteiger partial charge >= 0.3 is 0 Å². The first-order chi connectivity index (χ1) is 13.3. The molecule has 2 N–H and O–H groups in total. The third-order valence-corrected chi connectivity index (χ3v) is 5.44. The fourth-order valence-electron chi connectivity index (χ4n) is 3.87. The van der Waals surface area contributed by atoms with Crippen molar-refractivity contribution in [2.24, 2.45) is 10.9 Å². The first-order valence-corrected chi connectivity index (χ1v) is 10.1. The number of nitrogens with zero attached hydrogens (tertiary/aromatic N) is 4. The minimum absolute atomic E-state index is 0. The average molecular weight is 504 g/mol. The summed E-state index contributed by atoms with van der Waals surface area (Å²) in [5.74, 6) is 1.34. The highest BCUT2D eigenvalue weighted by molar-refractivity contribution is 14.0. The molecule has 1 saturated heterocycles. The topological polar surface area (TPSA) is 86.0 Å². The summed E-state index contributed by atoms with van der Waals surface area (Å²) >= 11 is 0. The van der Waals surface area contributed by atoms with Crippen LogP contribution in [0.2, 0.25) is 0 Å². The van der Waals surface area contributed by atoms with E-state index in [2.05, 4.69) is 30.6 Å². The molecule has 0 unspecified atom stereocenters. The van der Waals surface area contributed by atoms with Crippen molar-refractivity contribution in [2.45, 2.75) is 38.6 Å². The van der Waals surface area contributed by atoms with E-state index in [-0.39, 0.29) is 35.8 Å². The number of aliphatic imine (C=N–C) groups is 1. The zero-order valence-corrected chi connectivity index (χ0v) is 19.1. The number of nitrogens with one attached hydrogen (secondary N) is 2. The quantitative estimate of drug-likeness (QED) is 0.266. The van der Waals surface area contributed by atoms with E-state index in [1.165, 1.54) is 19.3 Å². The van der Waals surface area contributed by atoms with Crippen LogP contribution in [0.3, 0.4) is 0 Å². The summed E-state index contributed by atoms with van der Waals surface area (Å²) in [5.41, 5.74) is 0.972. The van der Waals surface area contributed by atoms with Crippen molar-refractivity contribution in [1.82, 2.24) is 25.6 Å². The molecule has 0 atom stereocenters. The molecule has 1 aliphatic carbocycles. The lowest BCUT2D eigenvalue weighted by Gasteiger charge is -2.36. The fourth-order valence-corrected chi connectivity index (χ4v) is 3.87. The second-order valence-electron chi connectivity index (χ2n) is 7.35. The molecule has 1 saturated carbocycles. The third-order valence-electron chi connectivity index (χ3n) is 5.44. The van der Waals surface area contributed by atoms with Gasteiger partial charge in [-0.05, 0) is 12.8 Å². The summed E-state index contributed by atoms with van der Waals surface area (Å²) in [4.78, 5) is 21.2. The lowest BCUT2D eigenvalue weighted by molar-refractivity contribution is -0.125. The van der Waals surface area contributed by atoms with Crippen LogP contribution in [0.15, 0.2) is 21.8 Å².